The summed E-state index contributed by atoms with van der Waals surface area (Å²) in [6, 6.07) is 7.71. The van der Waals surface area contributed by atoms with Crippen LogP contribution in [0.3, 0.4) is 0 Å². The molecule has 112 valence electrons. The van der Waals surface area contributed by atoms with Crippen molar-refractivity contribution in [2.45, 2.75) is 19.3 Å². The smallest absolute Gasteiger partial charge is 0.242 e. The number of rotatable bonds is 2. The quantitative estimate of drug-likeness (QED) is 0.821. The van der Waals surface area contributed by atoms with Crippen LogP contribution in [-0.2, 0) is 19.7 Å². The van der Waals surface area contributed by atoms with E-state index in [1.165, 1.54) is 0 Å². The Morgan fingerprint density at radius 1 is 1.24 bits per heavy atom. The molecule has 1 fully saturated rings. The molecule has 0 bridgehead atoms. The third-order valence-electron chi connectivity index (χ3n) is 4.31. The van der Waals surface area contributed by atoms with Crippen molar-refractivity contribution >= 4 is 17.5 Å². The third kappa shape index (κ3) is 2.31. The number of amides is 2. The molecular weight excluding hydrogens is 268 g/mol. The normalized spacial score (nSPS) is 20.6. The zero-order valence-electron chi connectivity index (χ0n) is 12.5. The van der Waals surface area contributed by atoms with E-state index in [-0.39, 0.29) is 18.4 Å². The Bertz CT molecular complexity index is 577. The maximum absolute atomic E-state index is 12.6. The second kappa shape index (κ2) is 5.15. The van der Waals surface area contributed by atoms with Crippen molar-refractivity contribution in [3.8, 4) is 0 Å². The van der Waals surface area contributed by atoms with Gasteiger partial charge in [0.2, 0.25) is 11.8 Å². The second-order valence-electron chi connectivity index (χ2n) is 6.03. The molecule has 2 amide bonds. The fourth-order valence-corrected chi connectivity index (χ4v) is 3.00. The van der Waals surface area contributed by atoms with Crippen LogP contribution in [0, 0.1) is 0 Å². The minimum absolute atomic E-state index is 0.00897. The van der Waals surface area contributed by atoms with Crippen LogP contribution in [0.2, 0.25) is 0 Å². The van der Waals surface area contributed by atoms with E-state index in [1.54, 1.807) is 9.80 Å². The highest BCUT2D eigenvalue weighted by Crippen LogP contribution is 2.41. The first-order chi connectivity index (χ1) is 10.0. The lowest BCUT2D eigenvalue weighted by atomic mass is 9.86. The first-order valence-electron chi connectivity index (χ1n) is 7.29. The molecule has 2 heterocycles. The van der Waals surface area contributed by atoms with E-state index in [2.05, 4.69) is 0 Å². The minimum Gasteiger partial charge on any atom is -0.378 e. The van der Waals surface area contributed by atoms with Gasteiger partial charge in [0.1, 0.15) is 6.54 Å². The number of carbonyl (C=O) groups excluding carboxylic acids is 2. The number of anilines is 1. The van der Waals surface area contributed by atoms with Gasteiger partial charge in [0.25, 0.3) is 0 Å². The monoisotopic (exact) mass is 288 g/mol. The Kier molecular flexibility index (Phi) is 3.45. The first kappa shape index (κ1) is 14.1. The molecule has 0 radical (unpaired) electrons. The highest BCUT2D eigenvalue weighted by molar-refractivity contribution is 6.10. The highest BCUT2D eigenvalue weighted by Gasteiger charge is 2.44. The van der Waals surface area contributed by atoms with Gasteiger partial charge in [0.15, 0.2) is 0 Å². The van der Waals surface area contributed by atoms with Crippen LogP contribution in [0.15, 0.2) is 24.3 Å². The number of fused-ring (bicyclic) bond motifs is 1. The van der Waals surface area contributed by atoms with E-state index >= 15 is 0 Å². The maximum atomic E-state index is 12.6. The number of benzene rings is 1. The van der Waals surface area contributed by atoms with Crippen molar-refractivity contribution in [3.63, 3.8) is 0 Å². The summed E-state index contributed by atoms with van der Waals surface area (Å²) in [5.41, 5.74) is 1.28. The molecular formula is C16H20N2O3. The highest BCUT2D eigenvalue weighted by atomic mass is 16.5. The molecule has 0 saturated carbocycles. The summed E-state index contributed by atoms with van der Waals surface area (Å²) in [5, 5.41) is 0. The number of nitrogens with zero attached hydrogens (tertiary/aromatic N) is 2. The van der Waals surface area contributed by atoms with Crippen molar-refractivity contribution in [2.75, 3.05) is 37.7 Å². The van der Waals surface area contributed by atoms with E-state index in [9.17, 15) is 9.59 Å². The molecule has 1 aromatic rings. The molecule has 1 saturated heterocycles. The molecule has 21 heavy (non-hydrogen) atoms. The van der Waals surface area contributed by atoms with E-state index in [0.717, 1.165) is 11.3 Å². The molecule has 2 aliphatic rings. The van der Waals surface area contributed by atoms with Gasteiger partial charge in [0.05, 0.1) is 18.6 Å². The fraction of sp³-hybridized carbons (Fsp3) is 0.500. The van der Waals surface area contributed by atoms with Crippen LogP contribution in [-0.4, -0.2) is 49.6 Å². The van der Waals surface area contributed by atoms with Gasteiger partial charge >= 0.3 is 0 Å². The number of carbonyl (C=O) groups is 2. The van der Waals surface area contributed by atoms with Crippen molar-refractivity contribution in [2.24, 2.45) is 0 Å². The molecule has 2 aliphatic heterocycles. The lowest BCUT2D eigenvalue weighted by molar-refractivity contribution is -0.135. The maximum Gasteiger partial charge on any atom is 0.242 e. The standard InChI is InChI=1S/C16H20N2O3/c1-16(2)12-5-3-4-6-13(12)18(15(16)20)11-14(19)17-7-9-21-10-8-17/h3-6H,7-11H2,1-2H3. The van der Waals surface area contributed by atoms with Crippen LogP contribution < -0.4 is 4.90 Å². The number of hydrogen-bond donors (Lipinski definition) is 0. The van der Waals surface area contributed by atoms with Crippen LogP contribution >= 0.6 is 0 Å². The Balaban J connectivity index is 1.82. The summed E-state index contributed by atoms with van der Waals surface area (Å²) in [5.74, 6) is -0.0236. The molecule has 0 aliphatic carbocycles. The summed E-state index contributed by atoms with van der Waals surface area (Å²) in [7, 11) is 0. The zero-order chi connectivity index (χ0) is 15.0. The van der Waals surface area contributed by atoms with E-state index in [0.29, 0.717) is 26.3 Å². The predicted molar refractivity (Wildman–Crippen MR) is 79.2 cm³/mol. The van der Waals surface area contributed by atoms with Crippen molar-refractivity contribution in [3.05, 3.63) is 29.8 Å². The Labute approximate surface area is 124 Å². The van der Waals surface area contributed by atoms with Crippen molar-refractivity contribution in [1.29, 1.82) is 0 Å². The largest absolute Gasteiger partial charge is 0.378 e. The molecule has 3 rings (SSSR count). The molecule has 0 N–H and O–H groups in total. The summed E-state index contributed by atoms with van der Waals surface area (Å²) >= 11 is 0. The van der Waals surface area contributed by atoms with Crippen molar-refractivity contribution < 1.29 is 14.3 Å². The summed E-state index contributed by atoms with van der Waals surface area (Å²) in [4.78, 5) is 28.4. The van der Waals surface area contributed by atoms with Gasteiger partial charge < -0.3 is 14.5 Å². The van der Waals surface area contributed by atoms with Crippen LogP contribution in [0.1, 0.15) is 19.4 Å². The lowest BCUT2D eigenvalue weighted by Gasteiger charge is -2.29. The first-order valence-corrected chi connectivity index (χ1v) is 7.29. The van der Waals surface area contributed by atoms with Gasteiger partial charge in [-0.15, -0.1) is 0 Å². The topological polar surface area (TPSA) is 49.9 Å². The SMILES string of the molecule is CC1(C)C(=O)N(CC(=O)N2CCOCC2)c2ccccc21. The van der Waals surface area contributed by atoms with Gasteiger partial charge in [0, 0.05) is 18.8 Å². The molecule has 5 heteroatoms. The van der Waals surface area contributed by atoms with E-state index in [4.69, 9.17) is 4.74 Å². The third-order valence-corrected chi connectivity index (χ3v) is 4.31. The minimum atomic E-state index is -0.568. The summed E-state index contributed by atoms with van der Waals surface area (Å²) in [6.07, 6.45) is 0. The van der Waals surface area contributed by atoms with Gasteiger partial charge in [-0.2, -0.15) is 0 Å². The van der Waals surface area contributed by atoms with Crippen LogP contribution in [0.5, 0.6) is 0 Å². The number of hydrogen-bond acceptors (Lipinski definition) is 3. The molecule has 0 atom stereocenters. The molecule has 0 unspecified atom stereocenters. The van der Waals surface area contributed by atoms with Gasteiger partial charge in [-0.3, -0.25) is 9.59 Å². The fourth-order valence-electron chi connectivity index (χ4n) is 3.00. The lowest BCUT2D eigenvalue weighted by Crippen LogP contribution is -2.47. The molecule has 0 spiro atoms. The predicted octanol–water partition coefficient (Wildman–Crippen LogP) is 1.17. The zero-order valence-corrected chi connectivity index (χ0v) is 12.5. The molecule has 1 aromatic carbocycles. The summed E-state index contributed by atoms with van der Waals surface area (Å²) in [6.45, 7) is 6.28. The average Bonchev–Trinajstić information content (AvgIpc) is 2.70. The summed E-state index contributed by atoms with van der Waals surface area (Å²) < 4.78 is 5.26. The Morgan fingerprint density at radius 2 is 1.90 bits per heavy atom. The average molecular weight is 288 g/mol. The van der Waals surface area contributed by atoms with E-state index < -0.39 is 5.41 Å². The van der Waals surface area contributed by atoms with Gasteiger partial charge in [-0.05, 0) is 25.5 Å². The molecule has 5 nitrogen and oxygen atoms in total. The Hall–Kier alpha value is -1.88. The van der Waals surface area contributed by atoms with Crippen LogP contribution in [0.4, 0.5) is 5.69 Å². The Morgan fingerprint density at radius 3 is 2.62 bits per heavy atom. The van der Waals surface area contributed by atoms with Gasteiger partial charge in [-0.25, -0.2) is 0 Å². The van der Waals surface area contributed by atoms with Gasteiger partial charge in [-0.1, -0.05) is 18.2 Å². The number of morpholine rings is 1. The second-order valence-corrected chi connectivity index (χ2v) is 6.03. The van der Waals surface area contributed by atoms with E-state index in [1.807, 2.05) is 38.1 Å². The number of para-hydroxylation sites is 1. The number of ether oxygens (including phenoxy) is 1. The molecule has 0 aromatic heterocycles. The van der Waals surface area contributed by atoms with Crippen LogP contribution in [0.25, 0.3) is 0 Å². The van der Waals surface area contributed by atoms with Crippen molar-refractivity contribution in [1.82, 2.24) is 4.90 Å².